The van der Waals surface area contributed by atoms with Gasteiger partial charge in [0.05, 0.1) is 5.41 Å². The number of halogens is 1. The van der Waals surface area contributed by atoms with Crippen LogP contribution < -0.4 is 0 Å². The highest BCUT2D eigenvalue weighted by Gasteiger charge is 2.25. The van der Waals surface area contributed by atoms with E-state index in [4.69, 9.17) is 6.42 Å². The van der Waals surface area contributed by atoms with Gasteiger partial charge in [-0.15, -0.1) is 18.8 Å². The number of benzene rings is 1. The minimum Gasteiger partial charge on any atom is -0.363 e. The number of aliphatic hydroxyl groups is 2. The van der Waals surface area contributed by atoms with E-state index in [2.05, 4.69) is 5.92 Å². The van der Waals surface area contributed by atoms with Crippen molar-refractivity contribution in [3.63, 3.8) is 0 Å². The lowest BCUT2D eigenvalue weighted by atomic mass is 9.80. The predicted octanol–water partition coefficient (Wildman–Crippen LogP) is 3.27. The van der Waals surface area contributed by atoms with Crippen LogP contribution in [0.2, 0.25) is 0 Å². The van der Waals surface area contributed by atoms with Gasteiger partial charge in [-0.1, -0.05) is 35.7 Å². The first-order chi connectivity index (χ1) is 8.15. The molecule has 105 valence electrons. The number of aryl methyl sites for hydroxylation is 1. The Balaban J connectivity index is 0. The third kappa shape index (κ3) is 5.08. The van der Waals surface area contributed by atoms with Gasteiger partial charge in [0, 0.05) is 1.43 Å². The van der Waals surface area contributed by atoms with Crippen LogP contribution in [0.4, 0.5) is 0 Å². The van der Waals surface area contributed by atoms with Crippen molar-refractivity contribution in [3.05, 3.63) is 41.5 Å². The molecule has 1 aromatic carbocycles. The molecule has 0 spiro atoms. The molecule has 0 aliphatic heterocycles. The SMILES string of the molecule is C#CC(C)(C)/C(=C\C(C)(O)O)c1ccc(C)cc1.Cl.[H]. The van der Waals surface area contributed by atoms with E-state index in [1.165, 1.54) is 13.0 Å². The van der Waals surface area contributed by atoms with Gasteiger partial charge in [-0.05, 0) is 44.9 Å². The van der Waals surface area contributed by atoms with Crippen molar-refractivity contribution in [2.45, 2.75) is 33.5 Å². The molecule has 0 atom stereocenters. The summed E-state index contributed by atoms with van der Waals surface area (Å²) in [7, 11) is 0. The summed E-state index contributed by atoms with van der Waals surface area (Å²) in [5.41, 5.74) is 2.21. The molecular formula is C16H22ClO2. The molecule has 0 unspecified atom stereocenters. The zero-order chi connectivity index (χ0) is 14.0. The highest BCUT2D eigenvalue weighted by molar-refractivity contribution is 5.85. The van der Waals surface area contributed by atoms with Gasteiger partial charge in [0.25, 0.3) is 0 Å². The normalized spacial score (nSPS) is 12.6. The summed E-state index contributed by atoms with van der Waals surface area (Å²) in [4.78, 5) is 0. The Morgan fingerprint density at radius 1 is 1.21 bits per heavy atom. The van der Waals surface area contributed by atoms with Crippen LogP contribution in [0.25, 0.3) is 5.57 Å². The van der Waals surface area contributed by atoms with Crippen LogP contribution >= 0.6 is 12.4 Å². The standard InChI is InChI=1S/C16H20O2.ClH.H/c1-6-15(3,4)14(11-16(5,17)18)13-9-7-12(2)8-10-13;;/h1,7-11,17-18H,2-5H3;1H;/b14-11-;;. The van der Waals surface area contributed by atoms with E-state index < -0.39 is 11.2 Å². The molecule has 0 saturated carbocycles. The fourth-order valence-corrected chi connectivity index (χ4v) is 1.71. The van der Waals surface area contributed by atoms with Crippen molar-refractivity contribution in [3.8, 4) is 12.3 Å². The molecule has 0 heterocycles. The van der Waals surface area contributed by atoms with Crippen LogP contribution in [0.1, 0.15) is 33.3 Å². The maximum Gasteiger partial charge on any atom is 0.180 e. The van der Waals surface area contributed by atoms with Gasteiger partial charge in [0.2, 0.25) is 0 Å². The topological polar surface area (TPSA) is 40.5 Å². The van der Waals surface area contributed by atoms with Crippen molar-refractivity contribution in [2.75, 3.05) is 0 Å². The van der Waals surface area contributed by atoms with Crippen LogP contribution in [0.15, 0.2) is 30.3 Å². The zero-order valence-electron chi connectivity index (χ0n) is 12.8. The maximum absolute atomic E-state index is 9.57. The van der Waals surface area contributed by atoms with Crippen LogP contribution in [0.3, 0.4) is 0 Å². The van der Waals surface area contributed by atoms with Gasteiger partial charge in [-0.2, -0.15) is 0 Å². The Bertz CT molecular complexity index is 491. The molecule has 0 amide bonds. The second kappa shape index (κ2) is 6.25. The van der Waals surface area contributed by atoms with E-state index in [0.29, 0.717) is 0 Å². The molecule has 0 fully saturated rings. The monoisotopic (exact) mass is 281 g/mol. The molecule has 1 rings (SSSR count). The average molecular weight is 282 g/mol. The lowest BCUT2D eigenvalue weighted by molar-refractivity contribution is -0.100. The van der Waals surface area contributed by atoms with Crippen LogP contribution in [-0.4, -0.2) is 16.0 Å². The lowest BCUT2D eigenvalue weighted by Gasteiger charge is -2.25. The van der Waals surface area contributed by atoms with Crippen molar-refractivity contribution in [1.29, 1.82) is 0 Å². The van der Waals surface area contributed by atoms with E-state index in [-0.39, 0.29) is 13.8 Å². The van der Waals surface area contributed by atoms with Crippen molar-refractivity contribution in [2.24, 2.45) is 5.41 Å². The second-order valence-electron chi connectivity index (χ2n) is 5.29. The van der Waals surface area contributed by atoms with Gasteiger partial charge in [-0.25, -0.2) is 0 Å². The van der Waals surface area contributed by atoms with Gasteiger partial charge in [-0.3, -0.25) is 0 Å². The molecule has 2 N–H and O–H groups in total. The number of terminal acetylenes is 1. The summed E-state index contributed by atoms with van der Waals surface area (Å²) in [6.07, 6.45) is 6.94. The minimum absolute atomic E-state index is 0. The first-order valence-electron chi connectivity index (χ1n) is 5.88. The van der Waals surface area contributed by atoms with Crippen LogP contribution in [0, 0.1) is 24.7 Å². The number of allylic oxidation sites excluding steroid dienone is 1. The molecule has 0 bridgehead atoms. The Hall–Kier alpha value is -1.27. The summed E-state index contributed by atoms with van der Waals surface area (Å²) in [5, 5.41) is 19.1. The summed E-state index contributed by atoms with van der Waals surface area (Å²) < 4.78 is 0. The minimum atomic E-state index is -1.88. The van der Waals surface area contributed by atoms with E-state index >= 15 is 0 Å². The highest BCUT2D eigenvalue weighted by Crippen LogP contribution is 2.35. The molecular weight excluding hydrogens is 260 g/mol. The number of hydrogen-bond acceptors (Lipinski definition) is 2. The quantitative estimate of drug-likeness (QED) is 0.659. The fraction of sp³-hybridized carbons (Fsp3) is 0.375. The van der Waals surface area contributed by atoms with Crippen molar-refractivity contribution in [1.82, 2.24) is 0 Å². The number of hydrogen-bond donors (Lipinski definition) is 2. The molecule has 0 aliphatic rings. The molecule has 1 aromatic rings. The molecule has 0 aliphatic carbocycles. The largest absolute Gasteiger partial charge is 0.363 e. The summed E-state index contributed by atoms with van der Waals surface area (Å²) in [6, 6.07) is 7.82. The summed E-state index contributed by atoms with van der Waals surface area (Å²) >= 11 is 0. The van der Waals surface area contributed by atoms with Gasteiger partial charge in [0.15, 0.2) is 5.79 Å². The molecule has 19 heavy (non-hydrogen) atoms. The summed E-state index contributed by atoms with van der Waals surface area (Å²) in [6.45, 7) is 7.07. The maximum atomic E-state index is 9.57. The van der Waals surface area contributed by atoms with E-state index in [0.717, 1.165) is 16.7 Å². The highest BCUT2D eigenvalue weighted by atomic mass is 35.5. The molecule has 2 nitrogen and oxygen atoms in total. The van der Waals surface area contributed by atoms with Crippen LogP contribution in [-0.2, 0) is 0 Å². The van der Waals surface area contributed by atoms with Gasteiger partial charge >= 0.3 is 0 Å². The summed E-state index contributed by atoms with van der Waals surface area (Å²) in [5.74, 6) is 0.806. The van der Waals surface area contributed by atoms with E-state index in [1.54, 1.807) is 0 Å². The first-order valence-corrected chi connectivity index (χ1v) is 5.88. The fourth-order valence-electron chi connectivity index (χ4n) is 1.71. The van der Waals surface area contributed by atoms with Crippen molar-refractivity contribution < 1.29 is 11.6 Å². The smallest absolute Gasteiger partial charge is 0.180 e. The van der Waals surface area contributed by atoms with Gasteiger partial charge < -0.3 is 10.2 Å². The average Bonchev–Trinajstić information content (AvgIpc) is 2.26. The second-order valence-corrected chi connectivity index (χ2v) is 5.29. The number of rotatable bonds is 3. The predicted molar refractivity (Wildman–Crippen MR) is 83.0 cm³/mol. The Morgan fingerprint density at radius 3 is 2.05 bits per heavy atom. The first kappa shape index (κ1) is 17.7. The molecule has 3 heteroatoms. The Morgan fingerprint density at radius 2 is 1.68 bits per heavy atom. The molecule has 1 radical (unpaired) electrons. The lowest BCUT2D eigenvalue weighted by Crippen LogP contribution is -2.23. The van der Waals surface area contributed by atoms with E-state index in [1.807, 2.05) is 45.0 Å². The Labute approximate surface area is 123 Å². The van der Waals surface area contributed by atoms with E-state index in [9.17, 15) is 10.2 Å². The third-order valence-corrected chi connectivity index (χ3v) is 2.81. The van der Waals surface area contributed by atoms with Gasteiger partial charge in [0.1, 0.15) is 0 Å². The molecule has 0 saturated heterocycles. The molecule has 0 aromatic heterocycles. The zero-order valence-corrected chi connectivity index (χ0v) is 12.6. The van der Waals surface area contributed by atoms with Crippen LogP contribution in [0.5, 0.6) is 0 Å². The Kier molecular flexibility index (Phi) is 5.83. The third-order valence-electron chi connectivity index (χ3n) is 2.81. The van der Waals surface area contributed by atoms with Crippen molar-refractivity contribution >= 4 is 18.0 Å².